The van der Waals surface area contributed by atoms with Crippen LogP contribution in [-0.2, 0) is 6.42 Å². The molecule has 0 amide bonds. The molecule has 25 heavy (non-hydrogen) atoms. The van der Waals surface area contributed by atoms with E-state index >= 15 is 0 Å². The maximum Gasteiger partial charge on any atom is 0.203 e. The zero-order valence-corrected chi connectivity index (χ0v) is 14.9. The average Bonchev–Trinajstić information content (AvgIpc) is 3.16. The average molecular weight is 338 g/mol. The highest BCUT2D eigenvalue weighted by Crippen LogP contribution is 2.42. The van der Waals surface area contributed by atoms with Gasteiger partial charge in [0, 0.05) is 11.1 Å². The molecule has 0 saturated carbocycles. The van der Waals surface area contributed by atoms with E-state index in [-0.39, 0.29) is 0 Å². The van der Waals surface area contributed by atoms with Crippen LogP contribution in [0.1, 0.15) is 12.5 Å². The Balaban J connectivity index is 2.10. The summed E-state index contributed by atoms with van der Waals surface area (Å²) in [5, 5.41) is 7.32. The second kappa shape index (κ2) is 7.30. The van der Waals surface area contributed by atoms with E-state index in [0.29, 0.717) is 17.2 Å². The fraction of sp³-hybridized carbons (Fsp3) is 0.250. The van der Waals surface area contributed by atoms with Crippen LogP contribution in [0.15, 0.2) is 42.6 Å². The van der Waals surface area contributed by atoms with Crippen LogP contribution in [0.2, 0.25) is 0 Å². The molecule has 0 aliphatic carbocycles. The van der Waals surface area contributed by atoms with E-state index < -0.39 is 0 Å². The molecule has 0 spiro atoms. The van der Waals surface area contributed by atoms with E-state index in [9.17, 15) is 0 Å². The van der Waals surface area contributed by atoms with E-state index in [1.807, 2.05) is 18.3 Å². The minimum atomic E-state index is 0.571. The molecule has 5 heteroatoms. The maximum atomic E-state index is 5.45. The first kappa shape index (κ1) is 16.9. The van der Waals surface area contributed by atoms with Crippen LogP contribution >= 0.6 is 0 Å². The fourth-order valence-corrected chi connectivity index (χ4v) is 2.87. The SMILES string of the molecule is CCc1ccc(-c2cn[nH]c2-c2cc(OC)c(OC)c(OC)c2)cc1. The topological polar surface area (TPSA) is 56.4 Å². The molecule has 3 rings (SSSR count). The van der Waals surface area contributed by atoms with Crippen LogP contribution < -0.4 is 14.2 Å². The lowest BCUT2D eigenvalue weighted by atomic mass is 9.99. The maximum absolute atomic E-state index is 5.45. The second-order valence-electron chi connectivity index (χ2n) is 5.62. The standard InChI is InChI=1S/C20H22N2O3/c1-5-13-6-8-14(9-7-13)16-12-21-22-19(16)15-10-17(23-2)20(25-4)18(11-15)24-3/h6-12H,5H2,1-4H3,(H,21,22). The van der Waals surface area contributed by atoms with Gasteiger partial charge < -0.3 is 14.2 Å². The molecular weight excluding hydrogens is 316 g/mol. The molecule has 0 aliphatic heterocycles. The van der Waals surface area contributed by atoms with Gasteiger partial charge in [-0.3, -0.25) is 5.10 Å². The van der Waals surface area contributed by atoms with E-state index in [1.165, 1.54) is 5.56 Å². The molecule has 0 saturated heterocycles. The van der Waals surface area contributed by atoms with Crippen molar-refractivity contribution in [2.45, 2.75) is 13.3 Å². The van der Waals surface area contributed by atoms with Gasteiger partial charge in [0.15, 0.2) is 11.5 Å². The van der Waals surface area contributed by atoms with Crippen LogP contribution in [0.25, 0.3) is 22.4 Å². The molecule has 0 fully saturated rings. The van der Waals surface area contributed by atoms with Crippen LogP contribution in [0.5, 0.6) is 17.2 Å². The minimum Gasteiger partial charge on any atom is -0.493 e. The molecular formula is C20H22N2O3. The molecule has 3 aromatic rings. The monoisotopic (exact) mass is 338 g/mol. The molecule has 2 aromatic carbocycles. The summed E-state index contributed by atoms with van der Waals surface area (Å²) in [6.45, 7) is 2.15. The van der Waals surface area contributed by atoms with Gasteiger partial charge in [-0.25, -0.2) is 0 Å². The first-order chi connectivity index (χ1) is 12.2. The highest BCUT2D eigenvalue weighted by Gasteiger charge is 2.17. The molecule has 130 valence electrons. The lowest BCUT2D eigenvalue weighted by Gasteiger charge is -2.14. The summed E-state index contributed by atoms with van der Waals surface area (Å²) >= 11 is 0. The highest BCUT2D eigenvalue weighted by molar-refractivity contribution is 5.82. The third-order valence-corrected chi connectivity index (χ3v) is 4.27. The number of hydrogen-bond acceptors (Lipinski definition) is 4. The van der Waals surface area contributed by atoms with Crippen LogP contribution in [0, 0.1) is 0 Å². The number of rotatable bonds is 6. The largest absolute Gasteiger partial charge is 0.493 e. The van der Waals surface area contributed by atoms with Crippen molar-refractivity contribution in [2.75, 3.05) is 21.3 Å². The van der Waals surface area contributed by atoms with Crippen molar-refractivity contribution in [3.05, 3.63) is 48.2 Å². The highest BCUT2D eigenvalue weighted by atomic mass is 16.5. The summed E-state index contributed by atoms with van der Waals surface area (Å²) in [7, 11) is 4.81. The number of hydrogen-bond donors (Lipinski definition) is 1. The predicted octanol–water partition coefficient (Wildman–Crippen LogP) is 4.33. The van der Waals surface area contributed by atoms with E-state index in [1.54, 1.807) is 21.3 Å². The van der Waals surface area contributed by atoms with Gasteiger partial charge in [-0.15, -0.1) is 0 Å². The summed E-state index contributed by atoms with van der Waals surface area (Å²) in [4.78, 5) is 0. The van der Waals surface area contributed by atoms with E-state index in [0.717, 1.165) is 28.8 Å². The minimum absolute atomic E-state index is 0.571. The Bertz CT molecular complexity index is 829. The van der Waals surface area contributed by atoms with Crippen molar-refractivity contribution in [1.29, 1.82) is 0 Å². The zero-order chi connectivity index (χ0) is 17.8. The van der Waals surface area contributed by atoms with Crippen molar-refractivity contribution >= 4 is 0 Å². The van der Waals surface area contributed by atoms with E-state index in [4.69, 9.17) is 14.2 Å². The Morgan fingerprint density at radius 2 is 1.52 bits per heavy atom. The lowest BCUT2D eigenvalue weighted by molar-refractivity contribution is 0.324. The van der Waals surface area contributed by atoms with Gasteiger partial charge in [-0.2, -0.15) is 5.10 Å². The molecule has 0 atom stereocenters. The molecule has 0 bridgehead atoms. The summed E-state index contributed by atoms with van der Waals surface area (Å²) in [6.07, 6.45) is 2.85. The third-order valence-electron chi connectivity index (χ3n) is 4.27. The third kappa shape index (κ3) is 3.18. The van der Waals surface area contributed by atoms with E-state index in [2.05, 4.69) is 41.4 Å². The zero-order valence-electron chi connectivity index (χ0n) is 14.9. The normalized spacial score (nSPS) is 10.6. The first-order valence-corrected chi connectivity index (χ1v) is 8.14. The number of nitrogens with one attached hydrogen (secondary N) is 1. The Morgan fingerprint density at radius 1 is 0.880 bits per heavy atom. The molecule has 1 N–H and O–H groups in total. The van der Waals surface area contributed by atoms with Gasteiger partial charge in [0.1, 0.15) is 0 Å². The smallest absolute Gasteiger partial charge is 0.203 e. The number of H-pyrrole nitrogens is 1. The first-order valence-electron chi connectivity index (χ1n) is 8.14. The number of methoxy groups -OCH3 is 3. The fourth-order valence-electron chi connectivity index (χ4n) is 2.87. The molecule has 5 nitrogen and oxygen atoms in total. The number of ether oxygens (including phenoxy) is 3. The number of benzene rings is 2. The van der Waals surface area contributed by atoms with Gasteiger partial charge in [0.2, 0.25) is 5.75 Å². The van der Waals surface area contributed by atoms with Gasteiger partial charge in [-0.05, 0) is 29.7 Å². The number of aromatic nitrogens is 2. The number of aryl methyl sites for hydroxylation is 1. The van der Waals surface area contributed by atoms with Gasteiger partial charge in [0.05, 0.1) is 33.2 Å². The van der Waals surface area contributed by atoms with Crippen LogP contribution in [-0.4, -0.2) is 31.5 Å². The van der Waals surface area contributed by atoms with Gasteiger partial charge in [0.25, 0.3) is 0 Å². The Labute approximate surface area is 147 Å². The van der Waals surface area contributed by atoms with Crippen molar-refractivity contribution in [1.82, 2.24) is 10.2 Å². The Morgan fingerprint density at radius 3 is 2.04 bits per heavy atom. The number of aromatic amines is 1. The Kier molecular flexibility index (Phi) is 4.93. The van der Waals surface area contributed by atoms with Crippen LogP contribution in [0.4, 0.5) is 0 Å². The van der Waals surface area contributed by atoms with Gasteiger partial charge >= 0.3 is 0 Å². The van der Waals surface area contributed by atoms with Crippen molar-refractivity contribution in [3.8, 4) is 39.6 Å². The van der Waals surface area contributed by atoms with Crippen molar-refractivity contribution < 1.29 is 14.2 Å². The van der Waals surface area contributed by atoms with Gasteiger partial charge in [-0.1, -0.05) is 31.2 Å². The second-order valence-corrected chi connectivity index (χ2v) is 5.62. The van der Waals surface area contributed by atoms with Crippen molar-refractivity contribution in [2.24, 2.45) is 0 Å². The summed E-state index contributed by atoms with van der Waals surface area (Å²) in [5.74, 6) is 1.79. The molecule has 0 unspecified atom stereocenters. The summed E-state index contributed by atoms with van der Waals surface area (Å²) in [6, 6.07) is 12.3. The molecule has 0 aliphatic rings. The number of nitrogens with zero attached hydrogens (tertiary/aromatic N) is 1. The lowest BCUT2D eigenvalue weighted by Crippen LogP contribution is -1.96. The quantitative estimate of drug-likeness (QED) is 0.727. The molecule has 1 aromatic heterocycles. The molecule has 1 heterocycles. The van der Waals surface area contributed by atoms with Crippen LogP contribution in [0.3, 0.4) is 0 Å². The summed E-state index contributed by atoms with van der Waals surface area (Å²) < 4.78 is 16.3. The van der Waals surface area contributed by atoms with Crippen molar-refractivity contribution in [3.63, 3.8) is 0 Å². The summed E-state index contributed by atoms with van der Waals surface area (Å²) in [5.41, 5.74) is 5.26. The predicted molar refractivity (Wildman–Crippen MR) is 98.5 cm³/mol. The molecule has 0 radical (unpaired) electrons. The Hall–Kier alpha value is -2.95.